The lowest BCUT2D eigenvalue weighted by Gasteiger charge is -2.33. The van der Waals surface area contributed by atoms with Crippen LogP contribution in [0.1, 0.15) is 37.8 Å². The van der Waals surface area contributed by atoms with Crippen molar-refractivity contribution in [3.63, 3.8) is 0 Å². The van der Waals surface area contributed by atoms with Gasteiger partial charge in [0.15, 0.2) is 5.96 Å². The molecule has 0 saturated carbocycles. The highest BCUT2D eigenvalue weighted by molar-refractivity contribution is 5.80. The molecule has 2 N–H and O–H groups in total. The Hall–Kier alpha value is -2.15. The zero-order valence-corrected chi connectivity index (χ0v) is 15.5. The molecule has 6 nitrogen and oxygen atoms in total. The number of aliphatic imine (C=N–C) groups is 1. The average molecular weight is 365 g/mol. The lowest BCUT2D eigenvalue weighted by Crippen LogP contribution is -2.46. The van der Waals surface area contributed by atoms with Gasteiger partial charge in [-0.05, 0) is 44.4 Å². The van der Waals surface area contributed by atoms with E-state index in [0.717, 1.165) is 44.0 Å². The Morgan fingerprint density at radius 3 is 2.73 bits per heavy atom. The molecule has 26 heavy (non-hydrogen) atoms. The molecule has 0 spiro atoms. The highest BCUT2D eigenvalue weighted by Crippen LogP contribution is 2.19. The molecule has 0 unspecified atom stereocenters. The SMILES string of the molecule is CCNC(=NCc1ccc(F)c(CO)c1)N1CCC(C(=O)OCC)CC1. The molecule has 1 aromatic carbocycles. The maximum Gasteiger partial charge on any atom is 0.309 e. The van der Waals surface area contributed by atoms with E-state index in [1.807, 2.05) is 13.8 Å². The summed E-state index contributed by atoms with van der Waals surface area (Å²) in [6.07, 6.45) is 1.49. The number of carbonyl (C=O) groups excluding carboxylic acids is 1. The van der Waals surface area contributed by atoms with Crippen molar-refractivity contribution in [3.8, 4) is 0 Å². The third kappa shape index (κ3) is 5.42. The number of nitrogens with zero attached hydrogens (tertiary/aromatic N) is 2. The fourth-order valence-corrected chi connectivity index (χ4v) is 3.03. The number of rotatable bonds is 6. The van der Waals surface area contributed by atoms with Crippen LogP contribution in [-0.2, 0) is 22.7 Å². The molecule has 0 aliphatic carbocycles. The molecule has 1 heterocycles. The number of hydrogen-bond acceptors (Lipinski definition) is 4. The summed E-state index contributed by atoms with van der Waals surface area (Å²) < 4.78 is 18.6. The topological polar surface area (TPSA) is 74.2 Å². The number of aliphatic hydroxyl groups is 1. The van der Waals surface area contributed by atoms with Crippen LogP contribution in [-0.4, -0.2) is 48.2 Å². The zero-order valence-electron chi connectivity index (χ0n) is 15.5. The fourth-order valence-electron chi connectivity index (χ4n) is 3.03. The van der Waals surface area contributed by atoms with Crippen LogP contribution in [0.5, 0.6) is 0 Å². The second kappa shape index (κ2) is 10.1. The molecule has 0 aromatic heterocycles. The summed E-state index contributed by atoms with van der Waals surface area (Å²) in [5, 5.41) is 12.5. The second-order valence-electron chi connectivity index (χ2n) is 6.27. The number of piperidine rings is 1. The van der Waals surface area contributed by atoms with Crippen LogP contribution < -0.4 is 5.32 Å². The van der Waals surface area contributed by atoms with Crippen molar-refractivity contribution in [2.75, 3.05) is 26.2 Å². The molecule has 2 rings (SSSR count). The molecular weight excluding hydrogens is 337 g/mol. The van der Waals surface area contributed by atoms with Crippen LogP contribution in [0.3, 0.4) is 0 Å². The minimum absolute atomic E-state index is 0.0433. The van der Waals surface area contributed by atoms with Gasteiger partial charge in [-0.3, -0.25) is 4.79 Å². The normalized spacial score (nSPS) is 15.8. The summed E-state index contributed by atoms with van der Waals surface area (Å²) in [6, 6.07) is 4.66. The number of aliphatic hydroxyl groups excluding tert-OH is 1. The molecule has 1 aliphatic rings. The van der Waals surface area contributed by atoms with Crippen molar-refractivity contribution in [2.24, 2.45) is 10.9 Å². The van der Waals surface area contributed by atoms with Gasteiger partial charge in [0.1, 0.15) is 5.82 Å². The van der Waals surface area contributed by atoms with E-state index in [1.54, 1.807) is 12.1 Å². The van der Waals surface area contributed by atoms with Gasteiger partial charge in [0, 0.05) is 25.2 Å². The van der Waals surface area contributed by atoms with Crippen LogP contribution in [0, 0.1) is 11.7 Å². The Morgan fingerprint density at radius 2 is 2.12 bits per heavy atom. The molecule has 144 valence electrons. The van der Waals surface area contributed by atoms with Gasteiger partial charge in [0.05, 0.1) is 25.7 Å². The van der Waals surface area contributed by atoms with Gasteiger partial charge in [-0.1, -0.05) is 6.07 Å². The van der Waals surface area contributed by atoms with Gasteiger partial charge >= 0.3 is 5.97 Å². The summed E-state index contributed by atoms with van der Waals surface area (Å²) in [4.78, 5) is 18.6. The second-order valence-corrected chi connectivity index (χ2v) is 6.27. The summed E-state index contributed by atoms with van der Waals surface area (Å²) >= 11 is 0. The minimum Gasteiger partial charge on any atom is -0.466 e. The summed E-state index contributed by atoms with van der Waals surface area (Å²) in [7, 11) is 0. The third-order valence-corrected chi connectivity index (χ3v) is 4.44. The van der Waals surface area contributed by atoms with Gasteiger partial charge in [0.25, 0.3) is 0 Å². The van der Waals surface area contributed by atoms with E-state index < -0.39 is 5.82 Å². The van der Waals surface area contributed by atoms with E-state index in [4.69, 9.17) is 4.74 Å². The maximum absolute atomic E-state index is 13.5. The van der Waals surface area contributed by atoms with Crippen LogP contribution in [0.4, 0.5) is 4.39 Å². The number of likely N-dealkylation sites (tertiary alicyclic amines) is 1. The van der Waals surface area contributed by atoms with E-state index in [-0.39, 0.29) is 24.1 Å². The number of nitrogens with one attached hydrogen (secondary N) is 1. The Kier molecular flexibility index (Phi) is 7.84. The molecule has 0 radical (unpaired) electrons. The van der Waals surface area contributed by atoms with Crippen LogP contribution in [0.2, 0.25) is 0 Å². The van der Waals surface area contributed by atoms with E-state index in [2.05, 4.69) is 15.2 Å². The first kappa shape index (κ1) is 20.2. The number of esters is 1. The molecule has 7 heteroatoms. The predicted molar refractivity (Wildman–Crippen MR) is 98.1 cm³/mol. The molecular formula is C19H28FN3O3. The van der Waals surface area contributed by atoms with E-state index >= 15 is 0 Å². The summed E-state index contributed by atoms with van der Waals surface area (Å²) in [5.74, 6) is 0.216. The first-order valence-corrected chi connectivity index (χ1v) is 9.17. The van der Waals surface area contributed by atoms with Gasteiger partial charge < -0.3 is 20.1 Å². The summed E-state index contributed by atoms with van der Waals surface area (Å²) in [6.45, 7) is 6.52. The maximum atomic E-state index is 13.5. The first-order chi connectivity index (χ1) is 12.6. The standard InChI is InChI=1S/C19H28FN3O3/c1-3-21-19(22-12-14-5-6-17(20)16(11-14)13-24)23-9-7-15(8-10-23)18(25)26-4-2/h5-6,11,15,24H,3-4,7-10,12-13H2,1-2H3,(H,21,22). The number of hydrogen-bond donors (Lipinski definition) is 2. The van der Waals surface area contributed by atoms with Crippen LogP contribution in [0.15, 0.2) is 23.2 Å². The lowest BCUT2D eigenvalue weighted by atomic mass is 9.97. The van der Waals surface area contributed by atoms with Gasteiger partial charge in [-0.15, -0.1) is 0 Å². The Bertz CT molecular complexity index is 628. The Morgan fingerprint density at radius 1 is 1.38 bits per heavy atom. The molecule has 0 amide bonds. The number of ether oxygens (including phenoxy) is 1. The highest BCUT2D eigenvalue weighted by atomic mass is 19.1. The molecule has 1 saturated heterocycles. The van der Waals surface area contributed by atoms with Gasteiger partial charge in [-0.25, -0.2) is 9.38 Å². The average Bonchev–Trinajstić information content (AvgIpc) is 2.66. The number of guanidine groups is 1. The third-order valence-electron chi connectivity index (χ3n) is 4.44. The van der Waals surface area contributed by atoms with Crippen molar-refractivity contribution in [1.82, 2.24) is 10.2 Å². The smallest absolute Gasteiger partial charge is 0.309 e. The van der Waals surface area contributed by atoms with E-state index in [9.17, 15) is 14.3 Å². The van der Waals surface area contributed by atoms with Crippen molar-refractivity contribution in [1.29, 1.82) is 0 Å². The molecule has 1 aromatic rings. The van der Waals surface area contributed by atoms with Crippen molar-refractivity contribution >= 4 is 11.9 Å². The highest BCUT2D eigenvalue weighted by Gasteiger charge is 2.27. The number of halogens is 1. The lowest BCUT2D eigenvalue weighted by molar-refractivity contribution is -0.149. The van der Waals surface area contributed by atoms with Crippen LogP contribution >= 0.6 is 0 Å². The molecule has 0 bridgehead atoms. The van der Waals surface area contributed by atoms with Crippen LogP contribution in [0.25, 0.3) is 0 Å². The van der Waals surface area contributed by atoms with Crippen molar-refractivity contribution in [3.05, 3.63) is 35.1 Å². The quantitative estimate of drug-likeness (QED) is 0.459. The van der Waals surface area contributed by atoms with Gasteiger partial charge in [-0.2, -0.15) is 0 Å². The fraction of sp³-hybridized carbons (Fsp3) is 0.579. The number of benzene rings is 1. The van der Waals surface area contributed by atoms with Crippen molar-refractivity contribution in [2.45, 2.75) is 39.8 Å². The van der Waals surface area contributed by atoms with Crippen molar-refractivity contribution < 1.29 is 19.0 Å². The number of carbonyl (C=O) groups is 1. The first-order valence-electron chi connectivity index (χ1n) is 9.17. The summed E-state index contributed by atoms with van der Waals surface area (Å²) in [5.41, 5.74) is 1.12. The zero-order chi connectivity index (χ0) is 18.9. The van der Waals surface area contributed by atoms with Gasteiger partial charge in [0.2, 0.25) is 0 Å². The van der Waals surface area contributed by atoms with E-state index in [1.165, 1.54) is 6.07 Å². The van der Waals surface area contributed by atoms with E-state index in [0.29, 0.717) is 13.2 Å². The molecule has 1 aliphatic heterocycles. The molecule has 0 atom stereocenters. The Balaban J connectivity index is 2.00. The predicted octanol–water partition coefficient (Wildman–Crippen LogP) is 2.06. The largest absolute Gasteiger partial charge is 0.466 e. The Labute approximate surface area is 154 Å². The monoisotopic (exact) mass is 365 g/mol. The molecule has 1 fully saturated rings. The minimum atomic E-state index is -0.409.